The van der Waals surface area contributed by atoms with Gasteiger partial charge in [-0.3, -0.25) is 0 Å². The lowest BCUT2D eigenvalue weighted by Crippen LogP contribution is -2.11. The van der Waals surface area contributed by atoms with E-state index in [1.54, 1.807) is 0 Å². The molecule has 0 aliphatic heterocycles. The maximum Gasteiger partial charge on any atom is 0.0845 e. The Morgan fingerprint density at radius 1 is 1.13 bits per heavy atom. The molecule has 0 aromatic heterocycles. The van der Waals surface area contributed by atoms with E-state index in [9.17, 15) is 0 Å². The van der Waals surface area contributed by atoms with Gasteiger partial charge in [-0.15, -0.1) is 6.42 Å². The van der Waals surface area contributed by atoms with Crippen molar-refractivity contribution in [3.63, 3.8) is 0 Å². The van der Waals surface area contributed by atoms with Crippen LogP contribution in [-0.4, -0.2) is 6.04 Å². The predicted molar refractivity (Wildman–Crippen MR) is 65.9 cm³/mol. The standard InChI is InChI=1S/C14H13N/c1-3-11(2)15-14-9-8-12-6-4-5-7-13(12)10-14/h1,4-11,15H,2H3. The lowest BCUT2D eigenvalue weighted by Gasteiger charge is -2.09. The zero-order valence-electron chi connectivity index (χ0n) is 8.70. The molecule has 74 valence electrons. The van der Waals surface area contributed by atoms with Crippen molar-refractivity contribution in [2.45, 2.75) is 13.0 Å². The monoisotopic (exact) mass is 195 g/mol. The second-order valence-electron chi connectivity index (χ2n) is 3.59. The number of rotatable bonds is 2. The van der Waals surface area contributed by atoms with Crippen molar-refractivity contribution >= 4 is 16.5 Å². The largest absolute Gasteiger partial charge is 0.372 e. The minimum atomic E-state index is 0.0613. The van der Waals surface area contributed by atoms with Crippen LogP contribution in [-0.2, 0) is 0 Å². The van der Waals surface area contributed by atoms with E-state index < -0.39 is 0 Å². The Hall–Kier alpha value is -1.94. The fourth-order valence-corrected chi connectivity index (χ4v) is 1.57. The van der Waals surface area contributed by atoms with Gasteiger partial charge in [-0.25, -0.2) is 0 Å². The predicted octanol–water partition coefficient (Wildman–Crippen LogP) is 3.27. The first kappa shape index (κ1) is 9.61. The van der Waals surface area contributed by atoms with Gasteiger partial charge in [-0.2, -0.15) is 0 Å². The highest BCUT2D eigenvalue weighted by Crippen LogP contribution is 2.19. The lowest BCUT2D eigenvalue weighted by molar-refractivity contribution is 1.04. The highest BCUT2D eigenvalue weighted by atomic mass is 14.9. The van der Waals surface area contributed by atoms with E-state index in [1.807, 2.05) is 19.1 Å². The summed E-state index contributed by atoms with van der Waals surface area (Å²) in [6.07, 6.45) is 5.32. The first-order valence-corrected chi connectivity index (χ1v) is 5.01. The smallest absolute Gasteiger partial charge is 0.0845 e. The third-order valence-corrected chi connectivity index (χ3v) is 2.38. The molecule has 0 amide bonds. The molecule has 0 fully saturated rings. The van der Waals surface area contributed by atoms with E-state index in [2.05, 4.69) is 41.6 Å². The van der Waals surface area contributed by atoms with Crippen molar-refractivity contribution in [1.82, 2.24) is 0 Å². The van der Waals surface area contributed by atoms with E-state index in [0.29, 0.717) is 0 Å². The number of hydrogen-bond acceptors (Lipinski definition) is 1. The average molecular weight is 195 g/mol. The topological polar surface area (TPSA) is 12.0 Å². The minimum absolute atomic E-state index is 0.0613. The van der Waals surface area contributed by atoms with Crippen molar-refractivity contribution in [2.75, 3.05) is 5.32 Å². The summed E-state index contributed by atoms with van der Waals surface area (Å²) < 4.78 is 0. The Bertz CT molecular complexity index is 508. The zero-order chi connectivity index (χ0) is 10.7. The number of hydrogen-bond donors (Lipinski definition) is 1. The molecular formula is C14H13N. The van der Waals surface area contributed by atoms with Crippen LogP contribution in [0.3, 0.4) is 0 Å². The molecule has 2 rings (SSSR count). The number of anilines is 1. The maximum atomic E-state index is 5.32. The first-order chi connectivity index (χ1) is 7.29. The van der Waals surface area contributed by atoms with Gasteiger partial charge in [0.25, 0.3) is 0 Å². The summed E-state index contributed by atoms with van der Waals surface area (Å²) >= 11 is 0. The molecule has 0 saturated carbocycles. The summed E-state index contributed by atoms with van der Waals surface area (Å²) in [6, 6.07) is 14.6. The maximum absolute atomic E-state index is 5.32. The quantitative estimate of drug-likeness (QED) is 0.725. The van der Waals surface area contributed by atoms with Crippen LogP contribution in [0, 0.1) is 12.3 Å². The van der Waals surface area contributed by atoms with Gasteiger partial charge in [0.1, 0.15) is 0 Å². The Kier molecular flexibility index (Phi) is 2.60. The van der Waals surface area contributed by atoms with E-state index in [0.717, 1.165) is 5.69 Å². The fourth-order valence-electron chi connectivity index (χ4n) is 1.57. The van der Waals surface area contributed by atoms with Crippen molar-refractivity contribution in [3.05, 3.63) is 42.5 Å². The molecular weight excluding hydrogens is 182 g/mol. The highest BCUT2D eigenvalue weighted by Gasteiger charge is 1.98. The van der Waals surface area contributed by atoms with Crippen LogP contribution in [0.1, 0.15) is 6.92 Å². The zero-order valence-corrected chi connectivity index (χ0v) is 8.70. The van der Waals surface area contributed by atoms with Gasteiger partial charge in [0, 0.05) is 5.69 Å². The number of benzene rings is 2. The van der Waals surface area contributed by atoms with Crippen molar-refractivity contribution in [3.8, 4) is 12.3 Å². The molecule has 2 aromatic carbocycles. The molecule has 0 bridgehead atoms. The molecule has 15 heavy (non-hydrogen) atoms. The van der Waals surface area contributed by atoms with Crippen LogP contribution < -0.4 is 5.32 Å². The van der Waals surface area contributed by atoms with Gasteiger partial charge in [0.05, 0.1) is 6.04 Å². The highest BCUT2D eigenvalue weighted by molar-refractivity contribution is 5.85. The molecule has 1 nitrogen and oxygen atoms in total. The van der Waals surface area contributed by atoms with Crippen LogP contribution in [0.4, 0.5) is 5.69 Å². The van der Waals surface area contributed by atoms with E-state index in [-0.39, 0.29) is 6.04 Å². The fraction of sp³-hybridized carbons (Fsp3) is 0.143. The Labute approximate surface area is 90.1 Å². The Balaban J connectivity index is 2.35. The molecule has 0 saturated heterocycles. The molecule has 0 heterocycles. The van der Waals surface area contributed by atoms with Crippen molar-refractivity contribution in [1.29, 1.82) is 0 Å². The molecule has 1 N–H and O–H groups in total. The molecule has 0 aliphatic carbocycles. The van der Waals surface area contributed by atoms with Gasteiger partial charge < -0.3 is 5.32 Å². The van der Waals surface area contributed by atoms with Gasteiger partial charge in [-0.05, 0) is 29.8 Å². The van der Waals surface area contributed by atoms with Gasteiger partial charge in [0.15, 0.2) is 0 Å². The molecule has 0 spiro atoms. The number of fused-ring (bicyclic) bond motifs is 1. The molecule has 1 atom stereocenters. The van der Waals surface area contributed by atoms with Crippen LogP contribution in [0.25, 0.3) is 10.8 Å². The van der Waals surface area contributed by atoms with Gasteiger partial charge in [0.2, 0.25) is 0 Å². The van der Waals surface area contributed by atoms with E-state index in [4.69, 9.17) is 6.42 Å². The van der Waals surface area contributed by atoms with Gasteiger partial charge >= 0.3 is 0 Å². The summed E-state index contributed by atoms with van der Waals surface area (Å²) in [5.41, 5.74) is 1.07. The van der Waals surface area contributed by atoms with Crippen molar-refractivity contribution in [2.24, 2.45) is 0 Å². The first-order valence-electron chi connectivity index (χ1n) is 5.01. The number of terminal acetylenes is 1. The summed E-state index contributed by atoms with van der Waals surface area (Å²) in [6.45, 7) is 1.97. The Morgan fingerprint density at radius 3 is 2.60 bits per heavy atom. The summed E-state index contributed by atoms with van der Waals surface area (Å²) in [5.74, 6) is 2.65. The van der Waals surface area contributed by atoms with Crippen LogP contribution in [0.2, 0.25) is 0 Å². The van der Waals surface area contributed by atoms with Crippen LogP contribution >= 0.6 is 0 Å². The molecule has 1 unspecified atom stereocenters. The van der Waals surface area contributed by atoms with E-state index in [1.165, 1.54) is 10.8 Å². The molecule has 0 radical (unpaired) electrons. The number of nitrogens with one attached hydrogen (secondary N) is 1. The minimum Gasteiger partial charge on any atom is -0.372 e. The second-order valence-corrected chi connectivity index (χ2v) is 3.59. The van der Waals surface area contributed by atoms with Crippen LogP contribution in [0.15, 0.2) is 42.5 Å². The molecule has 2 aromatic rings. The van der Waals surface area contributed by atoms with Crippen molar-refractivity contribution < 1.29 is 0 Å². The third kappa shape index (κ3) is 2.11. The Morgan fingerprint density at radius 2 is 1.87 bits per heavy atom. The summed E-state index contributed by atoms with van der Waals surface area (Å²) in [7, 11) is 0. The summed E-state index contributed by atoms with van der Waals surface area (Å²) in [4.78, 5) is 0. The third-order valence-electron chi connectivity index (χ3n) is 2.38. The average Bonchev–Trinajstić information content (AvgIpc) is 2.29. The molecule has 0 aliphatic rings. The lowest BCUT2D eigenvalue weighted by atomic mass is 10.1. The summed E-state index contributed by atoms with van der Waals surface area (Å²) in [5, 5.41) is 5.72. The van der Waals surface area contributed by atoms with Gasteiger partial charge in [-0.1, -0.05) is 36.3 Å². The van der Waals surface area contributed by atoms with Crippen LogP contribution in [0.5, 0.6) is 0 Å². The second kappa shape index (κ2) is 4.06. The SMILES string of the molecule is C#CC(C)Nc1ccc2ccccc2c1. The normalized spacial score (nSPS) is 12.0. The van der Waals surface area contributed by atoms with E-state index >= 15 is 0 Å². The molecule has 1 heteroatoms.